The van der Waals surface area contributed by atoms with Gasteiger partial charge in [0, 0.05) is 18.1 Å². The molecule has 0 radical (unpaired) electrons. The monoisotopic (exact) mass is 316 g/mol. The van der Waals surface area contributed by atoms with E-state index in [0.29, 0.717) is 16.1 Å². The maximum absolute atomic E-state index is 6.14. The number of thiocarbonyl (C=S) groups is 1. The Kier molecular flexibility index (Phi) is 5.31. The highest BCUT2D eigenvalue weighted by atomic mass is 35.5. The average Bonchev–Trinajstić information content (AvgIpc) is 2.42. The molecule has 19 heavy (non-hydrogen) atoms. The Labute approximate surface area is 130 Å². The van der Waals surface area contributed by atoms with Crippen LogP contribution < -0.4 is 5.32 Å². The van der Waals surface area contributed by atoms with E-state index in [-0.39, 0.29) is 0 Å². The van der Waals surface area contributed by atoms with Crippen LogP contribution in [0.25, 0.3) is 0 Å². The molecule has 2 nitrogen and oxygen atoms in total. The number of nitrogens with zero attached hydrogens (tertiary/aromatic N) is 1. The van der Waals surface area contributed by atoms with Crippen molar-refractivity contribution >= 4 is 46.2 Å². The molecule has 0 heterocycles. The molecule has 2 rings (SSSR count). The molecule has 1 aliphatic carbocycles. The maximum Gasteiger partial charge on any atom is 0.173 e. The number of anilines is 1. The fourth-order valence-corrected chi connectivity index (χ4v) is 3.14. The van der Waals surface area contributed by atoms with Crippen LogP contribution in [0, 0.1) is 0 Å². The van der Waals surface area contributed by atoms with E-state index in [0.717, 1.165) is 10.8 Å². The first-order valence-electron chi connectivity index (χ1n) is 6.57. The predicted octanol–water partition coefficient (Wildman–Crippen LogP) is 4.95. The van der Waals surface area contributed by atoms with Gasteiger partial charge in [-0.1, -0.05) is 42.5 Å². The lowest BCUT2D eigenvalue weighted by Crippen LogP contribution is -2.40. The van der Waals surface area contributed by atoms with E-state index in [4.69, 9.17) is 35.4 Å². The van der Waals surface area contributed by atoms with Crippen molar-refractivity contribution in [2.45, 2.75) is 38.1 Å². The van der Waals surface area contributed by atoms with Gasteiger partial charge >= 0.3 is 0 Å². The lowest BCUT2D eigenvalue weighted by molar-refractivity contribution is 0.281. The molecule has 1 fully saturated rings. The summed E-state index contributed by atoms with van der Waals surface area (Å²) in [6.07, 6.45) is 6.35. The van der Waals surface area contributed by atoms with E-state index in [2.05, 4.69) is 17.3 Å². The van der Waals surface area contributed by atoms with Gasteiger partial charge in [-0.3, -0.25) is 0 Å². The number of nitrogens with one attached hydrogen (secondary N) is 1. The Balaban J connectivity index is 1.99. The molecule has 1 aromatic carbocycles. The minimum absolute atomic E-state index is 0.542. The van der Waals surface area contributed by atoms with Crippen LogP contribution in [0.2, 0.25) is 10.0 Å². The summed E-state index contributed by atoms with van der Waals surface area (Å²) < 4.78 is 0. The standard InChI is InChI=1S/C14H18Cl2N2S/c1-18(11-5-3-2-4-6-11)14(19)17-13-8-7-10(15)9-12(13)16/h7-9,11H,2-6H2,1H3,(H,17,19). The van der Waals surface area contributed by atoms with Crippen LogP contribution in [0.5, 0.6) is 0 Å². The van der Waals surface area contributed by atoms with Crippen molar-refractivity contribution < 1.29 is 0 Å². The zero-order chi connectivity index (χ0) is 13.8. The van der Waals surface area contributed by atoms with Gasteiger partial charge in [-0.25, -0.2) is 0 Å². The fourth-order valence-electron chi connectivity index (χ4n) is 2.43. The molecule has 1 aromatic rings. The van der Waals surface area contributed by atoms with Crippen molar-refractivity contribution in [3.63, 3.8) is 0 Å². The van der Waals surface area contributed by atoms with Crippen molar-refractivity contribution in [2.75, 3.05) is 12.4 Å². The van der Waals surface area contributed by atoms with Gasteiger partial charge in [0.05, 0.1) is 10.7 Å². The van der Waals surface area contributed by atoms with Gasteiger partial charge in [-0.05, 0) is 43.3 Å². The summed E-state index contributed by atoms with van der Waals surface area (Å²) in [5.74, 6) is 0. The SMILES string of the molecule is CN(C(=S)Nc1ccc(Cl)cc1Cl)C1CCCCC1. The topological polar surface area (TPSA) is 15.3 Å². The molecule has 0 atom stereocenters. The van der Waals surface area contributed by atoms with E-state index in [1.54, 1.807) is 12.1 Å². The Bertz CT molecular complexity index is 459. The van der Waals surface area contributed by atoms with Crippen LogP contribution in [0.15, 0.2) is 18.2 Å². The molecule has 0 unspecified atom stereocenters. The van der Waals surface area contributed by atoms with E-state index in [1.807, 2.05) is 6.07 Å². The molecule has 0 aromatic heterocycles. The molecule has 0 bridgehead atoms. The van der Waals surface area contributed by atoms with Crippen LogP contribution in [-0.4, -0.2) is 23.1 Å². The molecule has 1 N–H and O–H groups in total. The van der Waals surface area contributed by atoms with Crippen molar-refractivity contribution in [1.82, 2.24) is 4.90 Å². The van der Waals surface area contributed by atoms with Crippen molar-refractivity contribution in [3.8, 4) is 0 Å². The molecular weight excluding hydrogens is 299 g/mol. The summed E-state index contributed by atoms with van der Waals surface area (Å²) in [6.45, 7) is 0. The van der Waals surface area contributed by atoms with Gasteiger partial charge in [0.1, 0.15) is 0 Å². The number of hydrogen-bond donors (Lipinski definition) is 1. The molecular formula is C14H18Cl2N2S. The third-order valence-corrected chi connectivity index (χ3v) is 4.55. The summed E-state index contributed by atoms with van der Waals surface area (Å²) >= 11 is 17.5. The van der Waals surface area contributed by atoms with Gasteiger partial charge in [-0.15, -0.1) is 0 Å². The first-order valence-corrected chi connectivity index (χ1v) is 7.73. The summed E-state index contributed by atoms with van der Waals surface area (Å²) in [7, 11) is 2.05. The van der Waals surface area contributed by atoms with Gasteiger partial charge in [-0.2, -0.15) is 0 Å². The minimum Gasteiger partial charge on any atom is -0.349 e. The highest BCUT2D eigenvalue weighted by Crippen LogP contribution is 2.27. The second-order valence-electron chi connectivity index (χ2n) is 4.96. The summed E-state index contributed by atoms with van der Waals surface area (Å²) in [6, 6.07) is 5.92. The number of benzene rings is 1. The lowest BCUT2D eigenvalue weighted by atomic mass is 9.95. The molecule has 1 saturated carbocycles. The maximum atomic E-state index is 6.14. The first-order chi connectivity index (χ1) is 9.08. The third kappa shape index (κ3) is 3.98. The van der Waals surface area contributed by atoms with Gasteiger partial charge in [0.2, 0.25) is 0 Å². The van der Waals surface area contributed by atoms with E-state index in [9.17, 15) is 0 Å². The van der Waals surface area contributed by atoms with Crippen molar-refractivity contribution in [2.24, 2.45) is 0 Å². The second kappa shape index (κ2) is 6.78. The van der Waals surface area contributed by atoms with Crippen molar-refractivity contribution in [1.29, 1.82) is 0 Å². The molecule has 0 spiro atoms. The van der Waals surface area contributed by atoms with E-state index >= 15 is 0 Å². The molecule has 5 heteroatoms. The Morgan fingerprint density at radius 3 is 2.58 bits per heavy atom. The van der Waals surface area contributed by atoms with Crippen LogP contribution in [-0.2, 0) is 0 Å². The number of hydrogen-bond acceptors (Lipinski definition) is 1. The normalized spacial score (nSPS) is 16.2. The zero-order valence-electron chi connectivity index (χ0n) is 11.0. The number of rotatable bonds is 2. The summed E-state index contributed by atoms with van der Waals surface area (Å²) in [4.78, 5) is 2.15. The molecule has 104 valence electrons. The number of halogens is 2. The Hall–Kier alpha value is -0.510. The van der Waals surface area contributed by atoms with Gasteiger partial charge in [0.25, 0.3) is 0 Å². The highest BCUT2D eigenvalue weighted by Gasteiger charge is 2.20. The fraction of sp³-hybridized carbons (Fsp3) is 0.500. The molecule has 0 amide bonds. The van der Waals surface area contributed by atoms with Crippen LogP contribution >= 0.6 is 35.4 Å². The predicted molar refractivity (Wildman–Crippen MR) is 87.3 cm³/mol. The Morgan fingerprint density at radius 2 is 1.95 bits per heavy atom. The van der Waals surface area contributed by atoms with E-state index < -0.39 is 0 Å². The van der Waals surface area contributed by atoms with Crippen LogP contribution in [0.3, 0.4) is 0 Å². The highest BCUT2D eigenvalue weighted by molar-refractivity contribution is 7.80. The van der Waals surface area contributed by atoms with Crippen molar-refractivity contribution in [3.05, 3.63) is 28.2 Å². The summed E-state index contributed by atoms with van der Waals surface area (Å²) in [5, 5.41) is 5.14. The average molecular weight is 317 g/mol. The molecule has 0 aliphatic heterocycles. The van der Waals surface area contributed by atoms with Crippen LogP contribution in [0.4, 0.5) is 5.69 Å². The lowest BCUT2D eigenvalue weighted by Gasteiger charge is -2.33. The third-order valence-electron chi connectivity index (χ3n) is 3.62. The zero-order valence-corrected chi connectivity index (χ0v) is 13.3. The largest absolute Gasteiger partial charge is 0.349 e. The van der Waals surface area contributed by atoms with Crippen LogP contribution in [0.1, 0.15) is 32.1 Å². The van der Waals surface area contributed by atoms with Gasteiger partial charge < -0.3 is 10.2 Å². The van der Waals surface area contributed by atoms with Gasteiger partial charge in [0.15, 0.2) is 5.11 Å². The summed E-state index contributed by atoms with van der Waals surface area (Å²) in [5.41, 5.74) is 0.804. The quantitative estimate of drug-likeness (QED) is 0.777. The Morgan fingerprint density at radius 1 is 1.26 bits per heavy atom. The molecule has 1 aliphatic rings. The van der Waals surface area contributed by atoms with E-state index in [1.165, 1.54) is 32.1 Å². The molecule has 0 saturated heterocycles. The minimum atomic E-state index is 0.542. The second-order valence-corrected chi connectivity index (χ2v) is 6.19. The smallest absolute Gasteiger partial charge is 0.173 e. The first kappa shape index (κ1) is 14.9.